The van der Waals surface area contributed by atoms with E-state index in [1.54, 1.807) is 0 Å². The molecule has 0 amide bonds. The molecule has 0 saturated heterocycles. The van der Waals surface area contributed by atoms with Crippen LogP contribution in [-0.4, -0.2) is 5.97 Å². The van der Waals surface area contributed by atoms with Crippen LogP contribution in [0.5, 0.6) is 5.75 Å². The van der Waals surface area contributed by atoms with Gasteiger partial charge in [-0.05, 0) is 72.2 Å². The Kier molecular flexibility index (Phi) is 10.9. The van der Waals surface area contributed by atoms with E-state index >= 15 is 0 Å². The first-order valence-electron chi connectivity index (χ1n) is 13.2. The second-order valence-electron chi connectivity index (χ2n) is 9.28. The molecule has 0 aromatic heterocycles. The molecule has 0 unspecified atom stereocenters. The van der Waals surface area contributed by atoms with E-state index in [9.17, 15) is 4.79 Å². The molecule has 0 aliphatic heterocycles. The Morgan fingerprint density at radius 3 is 1.53 bits per heavy atom. The maximum absolute atomic E-state index is 12.6. The van der Waals surface area contributed by atoms with Gasteiger partial charge in [0.1, 0.15) is 5.75 Å². The number of benzene rings is 3. The maximum Gasteiger partial charge on any atom is 0.343 e. The Bertz CT molecular complexity index is 969. The smallest absolute Gasteiger partial charge is 0.343 e. The molecular weight excluding hydrogens is 416 g/mol. The zero-order chi connectivity index (χ0) is 24.0. The third-order valence-corrected chi connectivity index (χ3v) is 6.43. The lowest BCUT2D eigenvalue weighted by molar-refractivity contribution is 0.0734. The number of hydrogen-bond acceptors (Lipinski definition) is 2. The van der Waals surface area contributed by atoms with Crippen LogP contribution in [0.4, 0.5) is 0 Å². The lowest BCUT2D eigenvalue weighted by Gasteiger charge is -2.08. The summed E-state index contributed by atoms with van der Waals surface area (Å²) in [4.78, 5) is 12.6. The molecule has 0 spiro atoms. The predicted molar refractivity (Wildman–Crippen MR) is 144 cm³/mol. The van der Waals surface area contributed by atoms with Crippen LogP contribution in [-0.2, 0) is 12.8 Å². The summed E-state index contributed by atoms with van der Waals surface area (Å²) in [5, 5.41) is 0. The highest BCUT2D eigenvalue weighted by Gasteiger charge is 2.09. The minimum absolute atomic E-state index is 0.319. The summed E-state index contributed by atoms with van der Waals surface area (Å²) in [5.74, 6) is 0.275. The maximum atomic E-state index is 12.6. The van der Waals surface area contributed by atoms with Crippen LogP contribution in [0.3, 0.4) is 0 Å². The van der Waals surface area contributed by atoms with Gasteiger partial charge in [0.05, 0.1) is 5.56 Å². The first-order valence-corrected chi connectivity index (χ1v) is 13.2. The monoisotopic (exact) mass is 456 g/mol. The number of carbonyl (C=O) groups excluding carboxylic acids is 1. The van der Waals surface area contributed by atoms with Crippen LogP contribution >= 0.6 is 0 Å². The van der Waals surface area contributed by atoms with Crippen molar-refractivity contribution >= 4 is 5.97 Å². The molecular formula is C32H40O2. The van der Waals surface area contributed by atoms with Crippen LogP contribution in [0.15, 0.2) is 72.8 Å². The van der Waals surface area contributed by atoms with Gasteiger partial charge in [0.2, 0.25) is 0 Å². The van der Waals surface area contributed by atoms with Crippen LogP contribution in [0.25, 0.3) is 11.1 Å². The molecule has 0 bridgehead atoms. The molecule has 0 heterocycles. The highest BCUT2D eigenvalue weighted by molar-refractivity contribution is 5.91. The number of esters is 1. The van der Waals surface area contributed by atoms with Gasteiger partial charge in [-0.3, -0.25) is 0 Å². The Balaban J connectivity index is 1.49. The third-order valence-electron chi connectivity index (χ3n) is 6.43. The van der Waals surface area contributed by atoms with E-state index in [0.29, 0.717) is 11.3 Å². The number of aryl methyl sites for hydroxylation is 2. The first kappa shape index (κ1) is 25.7. The fourth-order valence-electron chi connectivity index (χ4n) is 4.24. The molecule has 3 rings (SSSR count). The lowest BCUT2D eigenvalue weighted by atomic mass is 10.00. The summed E-state index contributed by atoms with van der Waals surface area (Å²) >= 11 is 0. The highest BCUT2D eigenvalue weighted by Crippen LogP contribution is 2.22. The number of hydrogen-bond donors (Lipinski definition) is 0. The van der Waals surface area contributed by atoms with Crippen LogP contribution in [0.2, 0.25) is 0 Å². The zero-order valence-corrected chi connectivity index (χ0v) is 21.0. The fourth-order valence-corrected chi connectivity index (χ4v) is 4.24. The Labute approximate surface area is 206 Å². The van der Waals surface area contributed by atoms with Crippen LogP contribution in [0.1, 0.15) is 93.1 Å². The molecule has 3 aromatic carbocycles. The average molecular weight is 457 g/mol. The SMILES string of the molecule is CCCCCCCc1ccc(-c2ccc(C(=O)Oc3ccc(CCCCCC)cc3)cc2)cc1. The van der Waals surface area contributed by atoms with Gasteiger partial charge < -0.3 is 4.74 Å². The van der Waals surface area contributed by atoms with Crippen LogP contribution < -0.4 is 4.74 Å². The summed E-state index contributed by atoms with van der Waals surface area (Å²) in [5.41, 5.74) is 5.54. The van der Waals surface area contributed by atoms with E-state index in [4.69, 9.17) is 4.74 Å². The molecule has 0 fully saturated rings. The Morgan fingerprint density at radius 2 is 1.00 bits per heavy atom. The molecule has 3 aromatic rings. The Morgan fingerprint density at radius 1 is 0.559 bits per heavy atom. The summed E-state index contributed by atoms with van der Waals surface area (Å²) in [6, 6.07) is 24.4. The fraction of sp³-hybridized carbons (Fsp3) is 0.406. The normalized spacial score (nSPS) is 10.9. The summed E-state index contributed by atoms with van der Waals surface area (Å²) in [7, 11) is 0. The van der Waals surface area contributed by atoms with Crippen molar-refractivity contribution in [3.63, 3.8) is 0 Å². The quantitative estimate of drug-likeness (QED) is 0.137. The molecule has 2 nitrogen and oxygen atoms in total. The number of rotatable bonds is 14. The van der Waals surface area contributed by atoms with E-state index in [-0.39, 0.29) is 5.97 Å². The molecule has 34 heavy (non-hydrogen) atoms. The van der Waals surface area contributed by atoms with Crippen molar-refractivity contribution < 1.29 is 9.53 Å². The van der Waals surface area contributed by atoms with Crippen molar-refractivity contribution in [2.24, 2.45) is 0 Å². The van der Waals surface area contributed by atoms with Gasteiger partial charge in [-0.15, -0.1) is 0 Å². The molecule has 2 heteroatoms. The van der Waals surface area contributed by atoms with E-state index in [0.717, 1.165) is 18.4 Å². The van der Waals surface area contributed by atoms with Crippen molar-refractivity contribution in [1.82, 2.24) is 0 Å². The second-order valence-corrected chi connectivity index (χ2v) is 9.28. The number of ether oxygens (including phenoxy) is 1. The van der Waals surface area contributed by atoms with Crippen molar-refractivity contribution in [2.45, 2.75) is 84.5 Å². The van der Waals surface area contributed by atoms with Crippen molar-refractivity contribution in [3.8, 4) is 16.9 Å². The summed E-state index contributed by atoms with van der Waals surface area (Å²) in [6.45, 7) is 4.48. The van der Waals surface area contributed by atoms with Gasteiger partial charge in [-0.1, -0.05) is 107 Å². The molecule has 0 atom stereocenters. The standard InChI is InChI=1S/C32H40O2/c1-3-5-7-9-11-13-26-14-18-28(19-15-26)29-20-22-30(23-21-29)32(33)34-31-24-16-27(17-25-31)12-10-8-6-4-2/h14-25H,3-13H2,1-2H3. The first-order chi connectivity index (χ1) is 16.7. The van der Waals surface area contributed by atoms with Gasteiger partial charge in [-0.2, -0.15) is 0 Å². The molecule has 0 N–H and O–H groups in total. The summed E-state index contributed by atoms with van der Waals surface area (Å²) < 4.78 is 5.58. The molecule has 0 radical (unpaired) electrons. The van der Waals surface area contributed by atoms with E-state index in [1.165, 1.54) is 74.5 Å². The van der Waals surface area contributed by atoms with Crippen molar-refractivity contribution in [3.05, 3.63) is 89.5 Å². The van der Waals surface area contributed by atoms with Gasteiger partial charge in [0, 0.05) is 0 Å². The minimum atomic E-state index is -0.319. The van der Waals surface area contributed by atoms with Gasteiger partial charge in [-0.25, -0.2) is 4.79 Å². The predicted octanol–water partition coefficient (Wildman–Crippen LogP) is 9.21. The molecule has 0 aliphatic rings. The minimum Gasteiger partial charge on any atom is -0.423 e. The summed E-state index contributed by atoms with van der Waals surface area (Å²) in [6.07, 6.45) is 13.8. The molecule has 0 saturated carbocycles. The third kappa shape index (κ3) is 8.48. The van der Waals surface area contributed by atoms with E-state index in [2.05, 4.69) is 50.2 Å². The van der Waals surface area contributed by atoms with E-state index in [1.807, 2.05) is 36.4 Å². The average Bonchev–Trinajstić information content (AvgIpc) is 2.88. The van der Waals surface area contributed by atoms with Gasteiger partial charge in [0.25, 0.3) is 0 Å². The largest absolute Gasteiger partial charge is 0.423 e. The van der Waals surface area contributed by atoms with Gasteiger partial charge >= 0.3 is 5.97 Å². The lowest BCUT2D eigenvalue weighted by Crippen LogP contribution is -2.08. The molecule has 180 valence electrons. The number of unbranched alkanes of at least 4 members (excludes halogenated alkanes) is 7. The van der Waals surface area contributed by atoms with Gasteiger partial charge in [0.15, 0.2) is 0 Å². The van der Waals surface area contributed by atoms with Crippen molar-refractivity contribution in [1.29, 1.82) is 0 Å². The second kappa shape index (κ2) is 14.4. The highest BCUT2D eigenvalue weighted by atomic mass is 16.5. The van der Waals surface area contributed by atoms with Crippen LogP contribution in [0, 0.1) is 0 Å². The van der Waals surface area contributed by atoms with Crippen molar-refractivity contribution in [2.75, 3.05) is 0 Å². The number of carbonyl (C=O) groups is 1. The zero-order valence-electron chi connectivity index (χ0n) is 21.0. The molecule has 0 aliphatic carbocycles. The topological polar surface area (TPSA) is 26.3 Å². The Hall–Kier alpha value is -2.87. The van der Waals surface area contributed by atoms with E-state index < -0.39 is 0 Å².